The van der Waals surface area contributed by atoms with E-state index in [0.717, 1.165) is 12.8 Å². The summed E-state index contributed by atoms with van der Waals surface area (Å²) >= 11 is 0. The second kappa shape index (κ2) is 18.1. The largest absolute Gasteiger partial charge is 3.00 e. The van der Waals surface area contributed by atoms with Crippen LogP contribution in [0.5, 0.6) is 0 Å². The maximum atomic E-state index is 2.99. The van der Waals surface area contributed by atoms with Gasteiger partial charge in [0.1, 0.15) is 0 Å². The molecular formula is C17H31Si4Zr. The summed E-state index contributed by atoms with van der Waals surface area (Å²) in [6, 6.07) is 0. The third-order valence-electron chi connectivity index (χ3n) is 2.67. The topological polar surface area (TPSA) is 0 Å². The normalized spacial score (nSPS) is 13.7. The van der Waals surface area contributed by atoms with Gasteiger partial charge in [-0.3, -0.25) is 12.2 Å². The van der Waals surface area contributed by atoms with E-state index in [-0.39, 0.29) is 65.9 Å². The average molecular weight is 439 g/mol. The van der Waals surface area contributed by atoms with Gasteiger partial charge in [-0.25, -0.2) is 24.3 Å². The van der Waals surface area contributed by atoms with Crippen molar-refractivity contribution in [2.75, 3.05) is 0 Å². The van der Waals surface area contributed by atoms with E-state index in [9.17, 15) is 0 Å². The SMILES string of the molecule is C[Si](C)[Si]([Si](C)C)[Si](C)C.[C-]1=CC=CC1.[C-]1=CC=CC1.[CH3-].[Zr+3]. The Morgan fingerprint density at radius 3 is 1.05 bits per heavy atom. The minimum Gasteiger partial charge on any atom is -0.358 e. The molecule has 2 aliphatic rings. The Morgan fingerprint density at radius 2 is 1.00 bits per heavy atom. The predicted octanol–water partition coefficient (Wildman–Crippen LogP) is 5.04. The Bertz CT molecular complexity index is 284. The van der Waals surface area contributed by atoms with Gasteiger partial charge in [-0.15, -0.1) is 12.8 Å². The van der Waals surface area contributed by atoms with E-state index in [1.165, 1.54) is 0 Å². The fourth-order valence-electron chi connectivity index (χ4n) is 2.18. The first-order chi connectivity index (χ1) is 9.46. The van der Waals surface area contributed by atoms with Gasteiger partial charge in [-0.2, -0.15) is 12.2 Å². The molecule has 0 aliphatic heterocycles. The summed E-state index contributed by atoms with van der Waals surface area (Å²) in [6.07, 6.45) is 20.0. The van der Waals surface area contributed by atoms with E-state index in [0.29, 0.717) is 0 Å². The summed E-state index contributed by atoms with van der Waals surface area (Å²) in [5.74, 6) is 0. The second-order valence-corrected chi connectivity index (χ2v) is 30.1. The van der Waals surface area contributed by atoms with Gasteiger partial charge in [-0.1, -0.05) is 39.3 Å². The predicted molar refractivity (Wildman–Crippen MR) is 108 cm³/mol. The Morgan fingerprint density at radius 1 is 0.682 bits per heavy atom. The fourth-order valence-corrected chi connectivity index (χ4v) is 41.2. The molecule has 2 rings (SSSR count). The zero-order chi connectivity index (χ0) is 15.4. The van der Waals surface area contributed by atoms with Crippen molar-refractivity contribution >= 4 is 32.3 Å². The van der Waals surface area contributed by atoms with Crippen LogP contribution in [0.3, 0.4) is 0 Å². The van der Waals surface area contributed by atoms with Crippen molar-refractivity contribution < 1.29 is 26.2 Å². The molecule has 0 spiro atoms. The van der Waals surface area contributed by atoms with Gasteiger partial charge in [0, 0.05) is 32.3 Å². The Hall–Kier alpha value is 0.711. The van der Waals surface area contributed by atoms with Crippen molar-refractivity contribution in [2.24, 2.45) is 0 Å². The molecule has 0 saturated heterocycles. The number of allylic oxidation sites excluding steroid dienone is 8. The van der Waals surface area contributed by atoms with Crippen LogP contribution in [0.25, 0.3) is 0 Å². The van der Waals surface area contributed by atoms with Crippen LogP contribution in [0.1, 0.15) is 12.8 Å². The van der Waals surface area contributed by atoms with E-state index in [4.69, 9.17) is 0 Å². The van der Waals surface area contributed by atoms with Gasteiger partial charge < -0.3 is 7.43 Å². The standard InChI is InChI=1S/C6H18Si4.2C5H5.CH3.Zr/c1-7(2)10(8(3)4)9(5)6;2*1-2-4-5-3-1;;/h1-6H3;2*1-3H,4H2;1H3;/q;3*-1;+3. The quantitative estimate of drug-likeness (QED) is 0.428. The maximum absolute atomic E-state index is 2.99. The molecule has 0 fully saturated rings. The summed E-state index contributed by atoms with van der Waals surface area (Å²) in [6.45, 7) is 15.1. The van der Waals surface area contributed by atoms with Crippen LogP contribution >= 0.6 is 0 Å². The molecule has 0 aromatic rings. The van der Waals surface area contributed by atoms with E-state index in [1.807, 2.05) is 24.3 Å². The van der Waals surface area contributed by atoms with Crippen molar-refractivity contribution in [1.82, 2.24) is 0 Å². The first-order valence-corrected chi connectivity index (χ1v) is 19.2. The Balaban J connectivity index is -0.000000254. The molecule has 2 aliphatic carbocycles. The van der Waals surface area contributed by atoms with Crippen LogP contribution in [0, 0.1) is 19.6 Å². The third kappa shape index (κ3) is 15.6. The van der Waals surface area contributed by atoms with E-state index in [1.54, 1.807) is 0 Å². The van der Waals surface area contributed by atoms with E-state index >= 15 is 0 Å². The molecule has 5 radical (unpaired) electrons. The van der Waals surface area contributed by atoms with Crippen LogP contribution in [0.2, 0.25) is 39.3 Å². The molecule has 0 aromatic heterocycles. The van der Waals surface area contributed by atoms with Crippen LogP contribution in [0.4, 0.5) is 0 Å². The van der Waals surface area contributed by atoms with Gasteiger partial charge in [0.05, 0.1) is 0 Å². The van der Waals surface area contributed by atoms with Gasteiger partial charge >= 0.3 is 26.2 Å². The number of rotatable bonds is 3. The molecule has 0 atom stereocenters. The zero-order valence-electron chi connectivity index (χ0n) is 15.4. The first kappa shape index (κ1) is 27.6. The Kier molecular flexibility index (Phi) is 22.6. The van der Waals surface area contributed by atoms with Crippen LogP contribution < -0.4 is 0 Å². The molecule has 0 heterocycles. The summed E-state index contributed by atoms with van der Waals surface area (Å²) in [5, 5.41) is 0. The number of hydrogen-bond acceptors (Lipinski definition) is 0. The van der Waals surface area contributed by atoms with Crippen molar-refractivity contribution in [2.45, 2.75) is 52.1 Å². The molecule has 0 aromatic carbocycles. The average Bonchev–Trinajstić information content (AvgIpc) is 3.07. The molecule has 0 amide bonds. The smallest absolute Gasteiger partial charge is 0.358 e. The van der Waals surface area contributed by atoms with Crippen molar-refractivity contribution in [1.29, 1.82) is 0 Å². The minimum absolute atomic E-state index is 0. The first-order valence-electron chi connectivity index (χ1n) is 7.18. The van der Waals surface area contributed by atoms with Crippen molar-refractivity contribution in [3.8, 4) is 0 Å². The van der Waals surface area contributed by atoms with E-state index < -0.39 is 0 Å². The van der Waals surface area contributed by atoms with Crippen LogP contribution in [0.15, 0.2) is 36.5 Å². The van der Waals surface area contributed by atoms with Crippen LogP contribution in [-0.4, -0.2) is 32.3 Å². The Labute approximate surface area is 165 Å². The zero-order valence-corrected chi connectivity index (χ0v) is 21.8. The summed E-state index contributed by atoms with van der Waals surface area (Å²) < 4.78 is 0. The monoisotopic (exact) mass is 437 g/mol. The molecule has 22 heavy (non-hydrogen) atoms. The fraction of sp³-hybridized carbons (Fsp3) is 0.471. The summed E-state index contributed by atoms with van der Waals surface area (Å²) in [5.41, 5.74) is 0. The van der Waals surface area contributed by atoms with Crippen LogP contribution in [-0.2, 0) is 26.2 Å². The molecule has 0 N–H and O–H groups in total. The second-order valence-electron chi connectivity index (χ2n) is 5.38. The molecule has 0 saturated carbocycles. The van der Waals surface area contributed by atoms with Gasteiger partial charge in [0.2, 0.25) is 0 Å². The van der Waals surface area contributed by atoms with Crippen molar-refractivity contribution in [3.05, 3.63) is 56.0 Å². The molecular weight excluding hydrogens is 408 g/mol. The van der Waals surface area contributed by atoms with Gasteiger partial charge in [0.15, 0.2) is 0 Å². The molecule has 119 valence electrons. The van der Waals surface area contributed by atoms with Crippen molar-refractivity contribution in [3.63, 3.8) is 0 Å². The number of hydrogen-bond donors (Lipinski definition) is 0. The maximum Gasteiger partial charge on any atom is 3.00 e. The third-order valence-corrected chi connectivity index (χ3v) is 41.7. The summed E-state index contributed by atoms with van der Waals surface area (Å²) in [4.78, 5) is 0. The molecule has 0 nitrogen and oxygen atoms in total. The molecule has 0 bridgehead atoms. The van der Waals surface area contributed by atoms with Gasteiger partial charge in [0.25, 0.3) is 0 Å². The summed E-state index contributed by atoms with van der Waals surface area (Å²) in [7, 11) is 0.571. The van der Waals surface area contributed by atoms with Gasteiger partial charge in [-0.05, 0) is 0 Å². The van der Waals surface area contributed by atoms with E-state index in [2.05, 4.69) is 63.6 Å². The molecule has 0 unspecified atom stereocenters. The minimum atomic E-state index is 0. The molecule has 5 heteroatoms.